The zero-order chi connectivity index (χ0) is 18.9. The molecule has 0 unspecified atom stereocenters. The molecule has 0 aliphatic rings. The monoisotopic (exact) mass is 386 g/mol. The second-order valence-corrected chi connectivity index (χ2v) is 6.85. The first-order valence-corrected chi connectivity index (χ1v) is 9.64. The lowest BCUT2D eigenvalue weighted by Gasteiger charge is -2.04. The van der Waals surface area contributed by atoms with Crippen LogP contribution in [-0.2, 0) is 22.5 Å². The van der Waals surface area contributed by atoms with Crippen LogP contribution in [0.25, 0.3) is 11.3 Å². The number of carbonyl (C=O) groups is 1. The minimum absolute atomic E-state index is 0.144. The Morgan fingerprint density at radius 1 is 1.22 bits per heavy atom. The topological polar surface area (TPSA) is 73.6 Å². The summed E-state index contributed by atoms with van der Waals surface area (Å²) < 4.78 is 10.4. The first kappa shape index (κ1) is 19.1. The molecular weight excluding hydrogens is 364 g/mol. The number of hydrogen-bond donors (Lipinski definition) is 1. The highest BCUT2D eigenvalue weighted by Crippen LogP contribution is 2.24. The normalized spacial score (nSPS) is 10.7. The van der Waals surface area contributed by atoms with E-state index in [1.54, 1.807) is 24.7 Å². The summed E-state index contributed by atoms with van der Waals surface area (Å²) in [6, 6.07) is 11.5. The number of aromatic nitrogens is 1. The van der Waals surface area contributed by atoms with Crippen LogP contribution in [-0.4, -0.2) is 24.6 Å². The number of methoxy groups -OCH3 is 1. The van der Waals surface area contributed by atoms with Gasteiger partial charge in [-0.05, 0) is 42.8 Å². The standard InChI is InChI=1S/C20H22N2O4S/c1-24-16-8-6-15(7-9-16)18-14-27-20(21-18)11-10-19(23)22-26-13-3-5-17-4-2-12-25-17/h2,4,6-9,12,14H,3,5,10-11,13H2,1H3,(H,22,23). The average molecular weight is 386 g/mol. The Labute approximate surface area is 162 Å². The number of amides is 1. The molecule has 3 aromatic rings. The van der Waals surface area contributed by atoms with E-state index in [0.717, 1.165) is 40.6 Å². The number of furan rings is 1. The Balaban J connectivity index is 1.35. The largest absolute Gasteiger partial charge is 0.497 e. The average Bonchev–Trinajstić information content (AvgIpc) is 3.38. The summed E-state index contributed by atoms with van der Waals surface area (Å²) in [6.07, 6.45) is 4.15. The van der Waals surface area contributed by atoms with E-state index in [0.29, 0.717) is 19.4 Å². The number of hydroxylamine groups is 1. The van der Waals surface area contributed by atoms with Crippen LogP contribution in [0.3, 0.4) is 0 Å². The van der Waals surface area contributed by atoms with E-state index in [-0.39, 0.29) is 5.91 Å². The highest BCUT2D eigenvalue weighted by atomic mass is 32.1. The van der Waals surface area contributed by atoms with Crippen molar-refractivity contribution >= 4 is 17.2 Å². The molecule has 0 radical (unpaired) electrons. The van der Waals surface area contributed by atoms with Gasteiger partial charge in [0.15, 0.2) is 0 Å². The third-order valence-corrected chi connectivity index (χ3v) is 4.85. The van der Waals surface area contributed by atoms with E-state index in [4.69, 9.17) is 14.0 Å². The Hall–Kier alpha value is -2.64. The van der Waals surface area contributed by atoms with E-state index < -0.39 is 0 Å². The van der Waals surface area contributed by atoms with Gasteiger partial charge in [-0.2, -0.15) is 0 Å². The zero-order valence-corrected chi connectivity index (χ0v) is 16.0. The molecule has 0 bridgehead atoms. The van der Waals surface area contributed by atoms with Gasteiger partial charge in [-0.3, -0.25) is 9.63 Å². The molecule has 7 heteroatoms. The minimum Gasteiger partial charge on any atom is -0.497 e. The number of nitrogens with one attached hydrogen (secondary N) is 1. The van der Waals surface area contributed by atoms with E-state index in [9.17, 15) is 4.79 Å². The van der Waals surface area contributed by atoms with Crippen LogP contribution in [0.4, 0.5) is 0 Å². The first-order valence-electron chi connectivity index (χ1n) is 8.76. The molecule has 0 fully saturated rings. The van der Waals surface area contributed by atoms with Crippen molar-refractivity contribution in [3.63, 3.8) is 0 Å². The van der Waals surface area contributed by atoms with Gasteiger partial charge in [-0.1, -0.05) is 0 Å². The van der Waals surface area contributed by atoms with Crippen molar-refractivity contribution in [2.45, 2.75) is 25.7 Å². The van der Waals surface area contributed by atoms with Crippen molar-refractivity contribution in [1.82, 2.24) is 10.5 Å². The lowest BCUT2D eigenvalue weighted by Crippen LogP contribution is -2.24. The van der Waals surface area contributed by atoms with Gasteiger partial charge in [0, 0.05) is 30.2 Å². The van der Waals surface area contributed by atoms with E-state index in [1.165, 1.54) is 0 Å². The lowest BCUT2D eigenvalue weighted by molar-refractivity contribution is -0.133. The van der Waals surface area contributed by atoms with E-state index >= 15 is 0 Å². The summed E-state index contributed by atoms with van der Waals surface area (Å²) in [6.45, 7) is 0.450. The fourth-order valence-electron chi connectivity index (χ4n) is 2.50. The highest BCUT2D eigenvalue weighted by molar-refractivity contribution is 7.09. The number of thiazole rings is 1. The van der Waals surface area contributed by atoms with Crippen LogP contribution in [0, 0.1) is 0 Å². The molecule has 0 aliphatic carbocycles. The molecule has 0 saturated carbocycles. The third kappa shape index (κ3) is 5.94. The first-order chi connectivity index (χ1) is 13.2. The molecule has 1 amide bonds. The maximum absolute atomic E-state index is 11.9. The summed E-state index contributed by atoms with van der Waals surface area (Å²) in [5, 5.41) is 2.92. The SMILES string of the molecule is COc1ccc(-c2csc(CCC(=O)NOCCCc3ccco3)n2)cc1. The molecule has 0 saturated heterocycles. The molecule has 142 valence electrons. The predicted molar refractivity (Wildman–Crippen MR) is 104 cm³/mol. The molecule has 27 heavy (non-hydrogen) atoms. The van der Waals surface area contributed by atoms with Gasteiger partial charge < -0.3 is 9.15 Å². The molecule has 2 heterocycles. The summed E-state index contributed by atoms with van der Waals surface area (Å²) in [4.78, 5) is 21.7. The van der Waals surface area contributed by atoms with Gasteiger partial charge in [0.2, 0.25) is 5.91 Å². The van der Waals surface area contributed by atoms with E-state index in [1.807, 2.05) is 41.8 Å². The Kier molecular flexibility index (Phi) is 7.01. The minimum atomic E-state index is -0.144. The molecule has 1 N–H and O–H groups in total. The zero-order valence-electron chi connectivity index (χ0n) is 15.1. The van der Waals surface area contributed by atoms with Crippen molar-refractivity contribution in [3.8, 4) is 17.0 Å². The Morgan fingerprint density at radius 2 is 2.07 bits per heavy atom. The van der Waals surface area contributed by atoms with Crippen molar-refractivity contribution in [3.05, 3.63) is 58.8 Å². The summed E-state index contributed by atoms with van der Waals surface area (Å²) in [5.74, 6) is 1.59. The Bertz CT molecular complexity index is 828. The molecular formula is C20H22N2O4S. The van der Waals surface area contributed by atoms with Crippen LogP contribution < -0.4 is 10.2 Å². The maximum atomic E-state index is 11.9. The summed E-state index contributed by atoms with van der Waals surface area (Å²) >= 11 is 1.55. The van der Waals surface area contributed by atoms with Gasteiger partial charge in [0.05, 0.1) is 30.7 Å². The van der Waals surface area contributed by atoms with Crippen molar-refractivity contribution in [2.24, 2.45) is 0 Å². The van der Waals surface area contributed by atoms with Crippen LogP contribution in [0.1, 0.15) is 23.6 Å². The smallest absolute Gasteiger partial charge is 0.243 e. The van der Waals surface area contributed by atoms with Crippen molar-refractivity contribution in [1.29, 1.82) is 0 Å². The third-order valence-electron chi connectivity index (χ3n) is 3.94. The van der Waals surface area contributed by atoms with E-state index in [2.05, 4.69) is 10.5 Å². The maximum Gasteiger partial charge on any atom is 0.243 e. The Morgan fingerprint density at radius 3 is 2.81 bits per heavy atom. The molecule has 1 aromatic carbocycles. The fourth-order valence-corrected chi connectivity index (χ4v) is 3.30. The van der Waals surface area contributed by atoms with Crippen LogP contribution in [0.15, 0.2) is 52.5 Å². The molecule has 3 rings (SSSR count). The number of ether oxygens (including phenoxy) is 1. The van der Waals surface area contributed by atoms with Gasteiger partial charge in [-0.15, -0.1) is 11.3 Å². The summed E-state index contributed by atoms with van der Waals surface area (Å²) in [7, 11) is 1.64. The van der Waals surface area contributed by atoms with Crippen molar-refractivity contribution < 1.29 is 18.8 Å². The van der Waals surface area contributed by atoms with Crippen molar-refractivity contribution in [2.75, 3.05) is 13.7 Å². The summed E-state index contributed by atoms with van der Waals surface area (Å²) in [5.41, 5.74) is 4.42. The molecule has 2 aromatic heterocycles. The molecule has 0 atom stereocenters. The number of hydrogen-bond acceptors (Lipinski definition) is 6. The quantitative estimate of drug-likeness (QED) is 0.421. The van der Waals surface area contributed by atoms with Gasteiger partial charge in [-0.25, -0.2) is 10.5 Å². The van der Waals surface area contributed by atoms with Crippen LogP contribution >= 0.6 is 11.3 Å². The molecule has 0 spiro atoms. The molecule has 0 aliphatic heterocycles. The number of rotatable bonds is 10. The number of nitrogens with zero attached hydrogens (tertiary/aromatic N) is 1. The second kappa shape index (κ2) is 9.89. The number of carbonyl (C=O) groups excluding carboxylic acids is 1. The number of benzene rings is 1. The van der Waals surface area contributed by atoms with Gasteiger partial charge >= 0.3 is 0 Å². The highest BCUT2D eigenvalue weighted by Gasteiger charge is 2.08. The second-order valence-electron chi connectivity index (χ2n) is 5.91. The lowest BCUT2D eigenvalue weighted by atomic mass is 10.2. The van der Waals surface area contributed by atoms with Crippen LogP contribution in [0.5, 0.6) is 5.75 Å². The molecule has 6 nitrogen and oxygen atoms in total. The predicted octanol–water partition coefficient (Wildman–Crippen LogP) is 4.02. The van der Waals surface area contributed by atoms with Gasteiger partial charge in [0.1, 0.15) is 11.5 Å². The number of aryl methyl sites for hydroxylation is 2. The fraction of sp³-hybridized carbons (Fsp3) is 0.300. The van der Waals surface area contributed by atoms with Crippen LogP contribution in [0.2, 0.25) is 0 Å². The van der Waals surface area contributed by atoms with Gasteiger partial charge in [0.25, 0.3) is 0 Å².